The highest BCUT2D eigenvalue weighted by Gasteiger charge is 2.22. The lowest BCUT2D eigenvalue weighted by molar-refractivity contribution is 0.0945. The minimum atomic E-state index is -0.780. The van der Waals surface area contributed by atoms with Crippen LogP contribution in [0.4, 0.5) is 0 Å². The predicted molar refractivity (Wildman–Crippen MR) is 77.7 cm³/mol. The number of nitrogens with one attached hydrogen (secondary N) is 1. The van der Waals surface area contributed by atoms with Crippen LogP contribution in [-0.2, 0) is 0 Å². The zero-order valence-corrected chi connectivity index (χ0v) is 12.6. The van der Waals surface area contributed by atoms with Crippen molar-refractivity contribution in [2.75, 3.05) is 20.1 Å². The molecule has 2 heterocycles. The fourth-order valence-corrected chi connectivity index (χ4v) is 2.54. The summed E-state index contributed by atoms with van der Waals surface area (Å²) < 4.78 is 5.14. The Morgan fingerprint density at radius 2 is 2.48 bits per heavy atom. The van der Waals surface area contributed by atoms with Gasteiger partial charge in [-0.05, 0) is 39.8 Å². The van der Waals surface area contributed by atoms with Crippen molar-refractivity contribution in [2.45, 2.75) is 44.4 Å². The number of rotatable bonds is 6. The van der Waals surface area contributed by atoms with Gasteiger partial charge < -0.3 is 25.5 Å². The molecule has 1 saturated heterocycles. The second-order valence-electron chi connectivity index (χ2n) is 5.66. The number of oxazole rings is 1. The van der Waals surface area contributed by atoms with Gasteiger partial charge in [0.2, 0.25) is 5.89 Å². The fraction of sp³-hybridized carbons (Fsp3) is 0.714. The third kappa shape index (κ3) is 4.03. The van der Waals surface area contributed by atoms with Crippen LogP contribution in [0.5, 0.6) is 0 Å². The number of hydrogen-bond donors (Lipinski definition) is 3. The van der Waals surface area contributed by atoms with Crippen molar-refractivity contribution >= 4 is 5.91 Å². The minimum Gasteiger partial charge on any atom is -0.446 e. The Hall–Kier alpha value is -1.44. The number of amides is 1. The zero-order valence-electron chi connectivity index (χ0n) is 12.6. The number of carbonyl (C=O) groups excluding carboxylic acids is 1. The summed E-state index contributed by atoms with van der Waals surface area (Å²) in [5.74, 6) is -0.103. The second-order valence-corrected chi connectivity index (χ2v) is 5.66. The Morgan fingerprint density at radius 3 is 3.10 bits per heavy atom. The van der Waals surface area contributed by atoms with Gasteiger partial charge in [-0.1, -0.05) is 0 Å². The Balaban J connectivity index is 1.80. The lowest BCUT2D eigenvalue weighted by atomic mass is 10.1. The molecule has 3 unspecified atom stereocenters. The first-order valence-corrected chi connectivity index (χ1v) is 7.36. The van der Waals surface area contributed by atoms with E-state index in [1.807, 2.05) is 0 Å². The number of likely N-dealkylation sites (tertiary alicyclic amines) is 1. The van der Waals surface area contributed by atoms with Gasteiger partial charge in [0.15, 0.2) is 5.69 Å². The van der Waals surface area contributed by atoms with Crippen LogP contribution in [0.1, 0.15) is 48.6 Å². The smallest absolute Gasteiger partial charge is 0.273 e. The molecular formula is C14H24N4O3. The molecule has 0 saturated carbocycles. The number of nitrogens with two attached hydrogens (primary N) is 1. The van der Waals surface area contributed by atoms with E-state index in [-0.39, 0.29) is 17.5 Å². The highest BCUT2D eigenvalue weighted by Crippen LogP contribution is 2.17. The highest BCUT2D eigenvalue weighted by molar-refractivity contribution is 5.91. The molecule has 0 aromatic carbocycles. The third-order valence-electron chi connectivity index (χ3n) is 3.99. The molecule has 0 aliphatic carbocycles. The average Bonchev–Trinajstić information content (AvgIpc) is 3.07. The number of carbonyl (C=O) groups is 1. The summed E-state index contributed by atoms with van der Waals surface area (Å²) in [6.07, 6.45) is 3.83. The minimum absolute atomic E-state index is 0.172. The quantitative estimate of drug-likeness (QED) is 0.696. The molecule has 1 amide bonds. The number of hydrogen-bond acceptors (Lipinski definition) is 6. The van der Waals surface area contributed by atoms with Crippen LogP contribution in [0.25, 0.3) is 0 Å². The predicted octanol–water partition coefficient (Wildman–Crippen LogP) is 0.269. The van der Waals surface area contributed by atoms with Gasteiger partial charge in [-0.25, -0.2) is 4.98 Å². The Kier molecular flexibility index (Phi) is 5.33. The van der Waals surface area contributed by atoms with Crippen molar-refractivity contribution < 1.29 is 14.3 Å². The van der Waals surface area contributed by atoms with E-state index in [1.54, 1.807) is 6.92 Å². The topological polar surface area (TPSA) is 105 Å². The first kappa shape index (κ1) is 15.9. The number of aliphatic hydroxyl groups excluding tert-OH is 1. The van der Waals surface area contributed by atoms with E-state index >= 15 is 0 Å². The standard InChI is InChI=1S/C14H24N4O3/c1-9(19)12(15)14-17-11(8-21-14)13(20)16-6-5-10-4-3-7-18(10)2/h8-10,12,19H,3-7,15H2,1-2H3,(H,16,20). The third-order valence-corrected chi connectivity index (χ3v) is 3.99. The van der Waals surface area contributed by atoms with Gasteiger partial charge in [0.25, 0.3) is 5.91 Å². The Morgan fingerprint density at radius 1 is 1.71 bits per heavy atom. The molecule has 1 aromatic rings. The van der Waals surface area contributed by atoms with E-state index < -0.39 is 12.1 Å². The van der Waals surface area contributed by atoms with E-state index in [1.165, 1.54) is 19.1 Å². The van der Waals surface area contributed by atoms with Crippen LogP contribution in [-0.4, -0.2) is 53.2 Å². The maximum atomic E-state index is 12.0. The normalized spacial score (nSPS) is 22.2. The fourth-order valence-electron chi connectivity index (χ4n) is 2.54. The van der Waals surface area contributed by atoms with Crippen molar-refractivity contribution in [3.8, 4) is 0 Å². The molecule has 1 aliphatic heterocycles. The zero-order chi connectivity index (χ0) is 15.4. The lowest BCUT2D eigenvalue weighted by Gasteiger charge is -2.19. The largest absolute Gasteiger partial charge is 0.446 e. The first-order valence-electron chi connectivity index (χ1n) is 7.36. The molecule has 118 valence electrons. The van der Waals surface area contributed by atoms with Gasteiger partial charge in [-0.15, -0.1) is 0 Å². The van der Waals surface area contributed by atoms with Gasteiger partial charge in [-0.2, -0.15) is 0 Å². The molecule has 1 aliphatic rings. The number of nitrogens with zero attached hydrogens (tertiary/aromatic N) is 2. The molecule has 7 heteroatoms. The van der Waals surface area contributed by atoms with E-state index in [4.69, 9.17) is 10.2 Å². The van der Waals surface area contributed by atoms with Crippen LogP contribution >= 0.6 is 0 Å². The van der Waals surface area contributed by atoms with Crippen molar-refractivity contribution in [1.29, 1.82) is 0 Å². The van der Waals surface area contributed by atoms with Crippen LogP contribution < -0.4 is 11.1 Å². The van der Waals surface area contributed by atoms with E-state index in [9.17, 15) is 9.90 Å². The van der Waals surface area contributed by atoms with Gasteiger partial charge in [0.05, 0.1) is 6.10 Å². The highest BCUT2D eigenvalue weighted by atomic mass is 16.3. The van der Waals surface area contributed by atoms with Gasteiger partial charge in [0, 0.05) is 12.6 Å². The lowest BCUT2D eigenvalue weighted by Crippen LogP contribution is -2.32. The molecule has 0 bridgehead atoms. The monoisotopic (exact) mass is 296 g/mol. The van der Waals surface area contributed by atoms with Crippen LogP contribution in [0.15, 0.2) is 10.7 Å². The molecule has 2 rings (SSSR count). The molecule has 3 atom stereocenters. The molecule has 0 radical (unpaired) electrons. The summed E-state index contributed by atoms with van der Waals surface area (Å²) in [4.78, 5) is 18.3. The first-order chi connectivity index (χ1) is 9.99. The summed E-state index contributed by atoms with van der Waals surface area (Å²) in [6.45, 7) is 3.29. The average molecular weight is 296 g/mol. The molecule has 1 fully saturated rings. The molecule has 0 spiro atoms. The molecular weight excluding hydrogens is 272 g/mol. The van der Waals surface area contributed by atoms with Gasteiger partial charge >= 0.3 is 0 Å². The summed E-state index contributed by atoms with van der Waals surface area (Å²) in [6, 6.07) is -0.180. The van der Waals surface area contributed by atoms with Gasteiger partial charge in [0.1, 0.15) is 12.3 Å². The maximum Gasteiger partial charge on any atom is 0.273 e. The van der Waals surface area contributed by atoms with Crippen LogP contribution in [0.2, 0.25) is 0 Å². The maximum absolute atomic E-state index is 12.0. The summed E-state index contributed by atoms with van der Waals surface area (Å²) in [5, 5.41) is 12.2. The Labute approximate surface area is 124 Å². The summed E-state index contributed by atoms with van der Waals surface area (Å²) >= 11 is 0. The SMILES string of the molecule is CC(O)C(N)c1nc(C(=O)NCCC2CCCN2C)co1. The van der Waals surface area contributed by atoms with Crippen molar-refractivity contribution in [3.63, 3.8) is 0 Å². The van der Waals surface area contributed by atoms with Crippen LogP contribution in [0, 0.1) is 0 Å². The molecule has 1 aromatic heterocycles. The van der Waals surface area contributed by atoms with Crippen molar-refractivity contribution in [3.05, 3.63) is 17.8 Å². The van der Waals surface area contributed by atoms with Crippen LogP contribution in [0.3, 0.4) is 0 Å². The Bertz CT molecular complexity index is 475. The number of aliphatic hydroxyl groups is 1. The van der Waals surface area contributed by atoms with Gasteiger partial charge in [-0.3, -0.25) is 4.79 Å². The van der Waals surface area contributed by atoms with Crippen molar-refractivity contribution in [1.82, 2.24) is 15.2 Å². The summed E-state index contributed by atoms with van der Waals surface area (Å²) in [7, 11) is 2.11. The van der Waals surface area contributed by atoms with E-state index in [0.29, 0.717) is 12.6 Å². The van der Waals surface area contributed by atoms with Crippen molar-refractivity contribution in [2.24, 2.45) is 5.73 Å². The molecule has 7 nitrogen and oxygen atoms in total. The van der Waals surface area contributed by atoms with E-state index in [0.717, 1.165) is 13.0 Å². The second kappa shape index (κ2) is 7.02. The molecule has 21 heavy (non-hydrogen) atoms. The molecule has 4 N–H and O–H groups in total. The summed E-state index contributed by atoms with van der Waals surface area (Å²) in [5.41, 5.74) is 5.90. The van der Waals surface area contributed by atoms with E-state index in [2.05, 4.69) is 22.2 Å². The number of aromatic nitrogens is 1.